The number of benzene rings is 10. The van der Waals surface area contributed by atoms with Crippen LogP contribution in [0.4, 0.5) is 0 Å². The highest BCUT2D eigenvalue weighted by Gasteiger charge is 2.28. The van der Waals surface area contributed by atoms with Crippen molar-refractivity contribution < 1.29 is 52.7 Å². The van der Waals surface area contributed by atoms with Crippen LogP contribution in [0.1, 0.15) is 237 Å². The number of ether oxygens (including phenoxy) is 1. The van der Waals surface area contributed by atoms with Gasteiger partial charge in [0, 0.05) is 168 Å². The quantitative estimate of drug-likeness (QED) is 0.0334. The van der Waals surface area contributed by atoms with E-state index in [0.717, 1.165) is 50.1 Å². The molecule has 121 heavy (non-hydrogen) atoms. The van der Waals surface area contributed by atoms with Crippen molar-refractivity contribution >= 4 is 59.1 Å². The molecule has 20 heteroatoms. The normalized spacial score (nSPS) is 11.1. The van der Waals surface area contributed by atoms with Crippen LogP contribution in [0.15, 0.2) is 249 Å². The molecule has 10 rings (SSSR count). The van der Waals surface area contributed by atoms with E-state index in [1.165, 1.54) is 0 Å². The Balaban J connectivity index is 0.711. The maximum atomic E-state index is 14.5. The fraction of sp³-hybridized carbons (Fsp3) is 0.307. The van der Waals surface area contributed by atoms with E-state index < -0.39 is 11.6 Å². The Morgan fingerprint density at radius 3 is 0.496 bits per heavy atom. The van der Waals surface area contributed by atoms with Crippen LogP contribution in [0.3, 0.4) is 0 Å². The molecule has 628 valence electrons. The second-order valence-electron chi connectivity index (χ2n) is 31.0. The number of amides is 9. The lowest BCUT2D eigenvalue weighted by Crippen LogP contribution is -2.33. The van der Waals surface area contributed by atoms with Gasteiger partial charge < -0.3 is 48.8 Å². The van der Waals surface area contributed by atoms with Crippen LogP contribution in [0.5, 0.6) is 0 Å². The van der Waals surface area contributed by atoms with E-state index in [4.69, 9.17) is 4.74 Å². The Hall–Kier alpha value is -13.1. The molecule has 0 aliphatic carbocycles. The van der Waals surface area contributed by atoms with Gasteiger partial charge in [-0.3, -0.25) is 43.2 Å². The van der Waals surface area contributed by atoms with Crippen LogP contribution in [0.25, 0.3) is 0 Å². The highest BCUT2D eigenvalue weighted by Crippen LogP contribution is 2.26. The Kier molecular flexibility index (Phi) is 32.1. The Labute approximate surface area is 712 Å². The van der Waals surface area contributed by atoms with Crippen LogP contribution in [-0.4, -0.2) is 168 Å². The number of hydrogen-bond acceptors (Lipinski definition) is 11. The summed E-state index contributed by atoms with van der Waals surface area (Å²) in [5.74, 6) is -2.10. The number of rotatable bonds is 37. The molecule has 0 atom stereocenters. The number of nitrogens with zero attached hydrogens (tertiary/aromatic N) is 9. The fourth-order valence-electron chi connectivity index (χ4n) is 14.7. The molecule has 20 nitrogen and oxygen atoms in total. The first kappa shape index (κ1) is 90.2. The molecule has 0 bridgehead atoms. The average Bonchev–Trinajstić information content (AvgIpc) is 0.854. The molecule has 9 amide bonds. The monoisotopic (exact) mass is 1630 g/mol. The highest BCUT2D eigenvalue weighted by molar-refractivity contribution is 6.00. The zero-order valence-corrected chi connectivity index (χ0v) is 71.9. The SMILES string of the molecule is CCN(Cc1cccc(C(=O)N(CC)Cc2cccc(C(=O)N(CC)Cc3cccc(C(=O)N(CC)Cc4cccc(C(=O)N(CC)Cc5cccc(C(=O)N(CC)Cc6cccc(C(=O)N(CC)Cc7cccc(C(=O)N(CC)Cc8cccc(C(=O)N(CC)Cc9cccc(C(=O)OC(C)(C)C)c9)c8)c7)c6)c5)c4)c3)c2)c1)C(=O)c1ccccc1. The first-order valence-corrected chi connectivity index (χ1v) is 42.0. The largest absolute Gasteiger partial charge is 0.456 e. The predicted octanol–water partition coefficient (Wildman–Crippen LogP) is 17.6. The second kappa shape index (κ2) is 43.0. The van der Waals surface area contributed by atoms with Crippen molar-refractivity contribution in [2.45, 2.75) is 148 Å². The maximum absolute atomic E-state index is 14.5. The summed E-state index contributed by atoms with van der Waals surface area (Å²) in [5, 5.41) is 0. The van der Waals surface area contributed by atoms with Crippen molar-refractivity contribution in [2.24, 2.45) is 0 Å². The Bertz CT molecular complexity index is 5300. The van der Waals surface area contributed by atoms with Gasteiger partial charge in [-0.2, -0.15) is 0 Å². The van der Waals surface area contributed by atoms with Gasteiger partial charge in [-0.05, 0) is 254 Å². The Morgan fingerprint density at radius 2 is 0.339 bits per heavy atom. The summed E-state index contributed by atoms with van der Waals surface area (Å²) in [6, 6.07) is 74.7. The lowest BCUT2D eigenvalue weighted by molar-refractivity contribution is 0.00681. The predicted molar refractivity (Wildman–Crippen MR) is 473 cm³/mol. The molecule has 0 fully saturated rings. The van der Waals surface area contributed by atoms with Crippen molar-refractivity contribution in [2.75, 3.05) is 58.9 Å². The third-order valence-electron chi connectivity index (χ3n) is 21.4. The van der Waals surface area contributed by atoms with E-state index >= 15 is 0 Å². The van der Waals surface area contributed by atoms with Crippen molar-refractivity contribution in [3.63, 3.8) is 0 Å². The zero-order valence-electron chi connectivity index (χ0n) is 71.9. The molecule has 0 aromatic heterocycles. The van der Waals surface area contributed by atoms with Gasteiger partial charge in [0.1, 0.15) is 5.60 Å². The minimum Gasteiger partial charge on any atom is -0.456 e. The van der Waals surface area contributed by atoms with E-state index in [0.29, 0.717) is 121 Å². The summed E-state index contributed by atoms with van der Waals surface area (Å²) in [5.41, 5.74) is 11.1. The first-order valence-electron chi connectivity index (χ1n) is 42.0. The van der Waals surface area contributed by atoms with E-state index in [1.807, 2.05) is 253 Å². The summed E-state index contributed by atoms with van der Waals surface area (Å²) >= 11 is 0. The summed E-state index contributed by atoms with van der Waals surface area (Å²) in [6.07, 6.45) is 0. The fourth-order valence-corrected chi connectivity index (χ4v) is 14.7. The minimum absolute atomic E-state index is 0.0824. The summed E-state index contributed by atoms with van der Waals surface area (Å²) in [4.78, 5) is 156. The van der Waals surface area contributed by atoms with Crippen LogP contribution in [0.2, 0.25) is 0 Å². The molecule has 10 aromatic rings. The molecule has 0 saturated carbocycles. The summed E-state index contributed by atoms with van der Waals surface area (Å²) in [7, 11) is 0. The molecular weight excluding hydrogens is 1520 g/mol. The van der Waals surface area contributed by atoms with Crippen LogP contribution < -0.4 is 0 Å². The molecule has 0 saturated heterocycles. The standard InChI is InChI=1S/C101H113N9O11/c1-13-102(91(111)81-43-23-22-24-44-81)63-72-34-25-45-82(54-72)92(112)103(14-2)64-73-35-26-46-83(55-73)93(113)104(15-3)65-74-36-27-47-84(56-74)94(114)105(16-4)66-75-37-28-48-85(57-75)95(115)106(17-5)67-76-38-29-49-86(58-76)96(116)107(18-6)68-77-39-30-50-87(59-77)97(117)108(19-7)69-78-40-31-51-88(60-78)98(118)109(20-8)70-79-41-32-52-89(61-79)99(119)110(21-9)71-80-42-33-53-90(62-80)100(120)121-101(10,11)12/h22-62H,13-21,63-71H2,1-12H3. The van der Waals surface area contributed by atoms with E-state index in [9.17, 15) is 47.9 Å². The number of esters is 1. The van der Waals surface area contributed by atoms with Gasteiger partial charge in [0.15, 0.2) is 0 Å². The third-order valence-corrected chi connectivity index (χ3v) is 21.4. The van der Waals surface area contributed by atoms with Gasteiger partial charge in [0.2, 0.25) is 0 Å². The van der Waals surface area contributed by atoms with Gasteiger partial charge >= 0.3 is 5.97 Å². The van der Waals surface area contributed by atoms with Crippen molar-refractivity contribution in [1.82, 2.24) is 44.1 Å². The van der Waals surface area contributed by atoms with Gasteiger partial charge in [-0.1, -0.05) is 127 Å². The zero-order chi connectivity index (χ0) is 86.9. The van der Waals surface area contributed by atoms with E-state index in [2.05, 4.69) is 0 Å². The third kappa shape index (κ3) is 24.3. The smallest absolute Gasteiger partial charge is 0.338 e. The lowest BCUT2D eigenvalue weighted by Gasteiger charge is -2.25. The number of carbonyl (C=O) groups is 10. The summed E-state index contributed by atoms with van der Waals surface area (Å²) in [6.45, 7) is 28.6. The first-order chi connectivity index (χ1) is 58.3. The van der Waals surface area contributed by atoms with E-state index in [-0.39, 0.29) is 106 Å². The second-order valence-corrected chi connectivity index (χ2v) is 31.0. The minimum atomic E-state index is -0.651. The van der Waals surface area contributed by atoms with Gasteiger partial charge in [-0.15, -0.1) is 0 Å². The van der Waals surface area contributed by atoms with Crippen molar-refractivity contribution in [3.8, 4) is 0 Å². The summed E-state index contributed by atoms with van der Waals surface area (Å²) < 4.78 is 5.58. The molecule has 0 aliphatic heterocycles. The van der Waals surface area contributed by atoms with Gasteiger partial charge in [0.25, 0.3) is 53.2 Å². The Morgan fingerprint density at radius 1 is 0.198 bits per heavy atom. The molecule has 0 unspecified atom stereocenters. The van der Waals surface area contributed by atoms with Crippen molar-refractivity contribution in [3.05, 3.63) is 354 Å². The molecule has 0 radical (unpaired) electrons. The van der Waals surface area contributed by atoms with Gasteiger partial charge in [-0.25, -0.2) is 4.79 Å². The van der Waals surface area contributed by atoms with Crippen molar-refractivity contribution in [1.29, 1.82) is 0 Å². The molecule has 0 spiro atoms. The molecular formula is C101H113N9O11. The molecule has 0 N–H and O–H groups in total. The van der Waals surface area contributed by atoms with Crippen LogP contribution in [-0.2, 0) is 63.6 Å². The molecule has 0 heterocycles. The molecule has 0 aliphatic rings. The van der Waals surface area contributed by atoms with Crippen LogP contribution >= 0.6 is 0 Å². The molecule has 10 aromatic carbocycles. The topological polar surface area (TPSA) is 209 Å². The highest BCUT2D eigenvalue weighted by atomic mass is 16.6. The maximum Gasteiger partial charge on any atom is 0.338 e. The van der Waals surface area contributed by atoms with Crippen LogP contribution in [0, 0.1) is 0 Å². The average molecular weight is 1630 g/mol. The number of hydrogen-bond donors (Lipinski definition) is 0. The lowest BCUT2D eigenvalue weighted by atomic mass is 10.1. The van der Waals surface area contributed by atoms with Gasteiger partial charge in [0.05, 0.1) is 5.56 Å². The van der Waals surface area contributed by atoms with E-state index in [1.54, 1.807) is 123 Å². The number of carbonyl (C=O) groups excluding carboxylic acids is 10.